The average molecular weight is 200 g/mol. The van der Waals surface area contributed by atoms with E-state index in [0.717, 1.165) is 6.42 Å². The van der Waals surface area contributed by atoms with Crippen molar-refractivity contribution in [1.29, 1.82) is 0 Å². The summed E-state index contributed by atoms with van der Waals surface area (Å²) < 4.78 is 0. The Bertz CT molecular complexity index is 171. The van der Waals surface area contributed by atoms with Gasteiger partial charge in [0.15, 0.2) is 0 Å². The molecule has 0 heterocycles. The molecule has 0 aromatic carbocycles. The molecule has 84 valence electrons. The summed E-state index contributed by atoms with van der Waals surface area (Å²) in [7, 11) is 2.07. The molecule has 1 rings (SSSR count). The van der Waals surface area contributed by atoms with E-state index in [9.17, 15) is 5.11 Å². The van der Waals surface area contributed by atoms with Gasteiger partial charge in [-0.2, -0.15) is 0 Å². The van der Waals surface area contributed by atoms with E-state index >= 15 is 0 Å². The van der Waals surface area contributed by atoms with E-state index in [-0.39, 0.29) is 18.7 Å². The summed E-state index contributed by atoms with van der Waals surface area (Å²) in [5, 5.41) is 9.37. The van der Waals surface area contributed by atoms with Crippen molar-refractivity contribution < 1.29 is 5.11 Å². The molecule has 1 fully saturated rings. The highest BCUT2D eigenvalue weighted by molar-refractivity contribution is 4.93. The Morgan fingerprint density at radius 3 is 2.43 bits per heavy atom. The summed E-state index contributed by atoms with van der Waals surface area (Å²) in [6, 6.07) is 0.786. The third-order valence-corrected chi connectivity index (χ3v) is 3.61. The second-order valence-electron chi connectivity index (χ2n) is 4.59. The fraction of sp³-hybridized carbons (Fsp3) is 1.00. The van der Waals surface area contributed by atoms with Gasteiger partial charge in [-0.25, -0.2) is 0 Å². The Morgan fingerprint density at radius 2 is 2.07 bits per heavy atom. The van der Waals surface area contributed by atoms with E-state index in [1.807, 2.05) is 0 Å². The molecule has 14 heavy (non-hydrogen) atoms. The van der Waals surface area contributed by atoms with E-state index < -0.39 is 0 Å². The summed E-state index contributed by atoms with van der Waals surface area (Å²) in [4.78, 5) is 2.23. The smallest absolute Gasteiger partial charge is 0.0602 e. The van der Waals surface area contributed by atoms with Crippen LogP contribution in [-0.2, 0) is 0 Å². The molecule has 0 saturated heterocycles. The molecular weight excluding hydrogens is 176 g/mol. The van der Waals surface area contributed by atoms with E-state index in [4.69, 9.17) is 5.73 Å². The van der Waals surface area contributed by atoms with Crippen LogP contribution in [0.3, 0.4) is 0 Å². The lowest BCUT2D eigenvalue weighted by atomic mass is 10.0. The van der Waals surface area contributed by atoms with Crippen molar-refractivity contribution in [3.05, 3.63) is 0 Å². The second-order valence-corrected chi connectivity index (χ2v) is 4.59. The quantitative estimate of drug-likeness (QED) is 0.667. The summed E-state index contributed by atoms with van der Waals surface area (Å²) in [5.74, 6) is 0.652. The Hall–Kier alpha value is -0.120. The molecule has 0 aromatic rings. The zero-order valence-electron chi connectivity index (χ0n) is 9.61. The Labute approximate surface area is 87.3 Å². The first kappa shape index (κ1) is 12.0. The fourth-order valence-electron chi connectivity index (χ4n) is 1.93. The van der Waals surface area contributed by atoms with Gasteiger partial charge in [0.1, 0.15) is 0 Å². The maximum atomic E-state index is 9.37. The van der Waals surface area contributed by atoms with Gasteiger partial charge in [0, 0.05) is 18.1 Å². The molecule has 0 aliphatic heterocycles. The first-order valence-corrected chi connectivity index (χ1v) is 5.70. The largest absolute Gasteiger partial charge is 0.395 e. The molecule has 3 atom stereocenters. The van der Waals surface area contributed by atoms with Crippen molar-refractivity contribution in [2.45, 2.75) is 51.2 Å². The van der Waals surface area contributed by atoms with Crippen LogP contribution >= 0.6 is 0 Å². The van der Waals surface area contributed by atoms with Gasteiger partial charge in [-0.3, -0.25) is 4.90 Å². The standard InChI is InChI=1S/C11H24N2O/c1-4-8(2)13(3)10(7-14)11(12)9-5-6-9/h8-11,14H,4-7,12H2,1-3H3. The molecule has 3 N–H and O–H groups in total. The molecule has 0 bridgehead atoms. The number of hydrogen-bond acceptors (Lipinski definition) is 3. The highest BCUT2D eigenvalue weighted by Crippen LogP contribution is 2.34. The number of nitrogens with two attached hydrogens (primary N) is 1. The lowest BCUT2D eigenvalue weighted by Gasteiger charge is -2.35. The minimum absolute atomic E-state index is 0.137. The molecular formula is C11H24N2O. The zero-order chi connectivity index (χ0) is 10.7. The number of hydrogen-bond donors (Lipinski definition) is 2. The number of likely N-dealkylation sites (N-methyl/N-ethyl adjacent to an activating group) is 1. The SMILES string of the molecule is CCC(C)N(C)C(CO)C(N)C1CC1. The van der Waals surface area contributed by atoms with Gasteiger partial charge in [0.25, 0.3) is 0 Å². The number of aliphatic hydroxyl groups excluding tert-OH is 1. The first-order chi connectivity index (χ1) is 6.61. The summed E-state index contributed by atoms with van der Waals surface area (Å²) >= 11 is 0. The van der Waals surface area contributed by atoms with E-state index in [0.29, 0.717) is 12.0 Å². The second kappa shape index (κ2) is 5.10. The molecule has 1 saturated carbocycles. The average Bonchev–Trinajstić information content (AvgIpc) is 3.00. The van der Waals surface area contributed by atoms with Crippen LogP contribution in [0.5, 0.6) is 0 Å². The number of rotatable bonds is 6. The van der Waals surface area contributed by atoms with Crippen molar-refractivity contribution in [1.82, 2.24) is 4.90 Å². The zero-order valence-corrected chi connectivity index (χ0v) is 9.61. The molecule has 3 nitrogen and oxygen atoms in total. The van der Waals surface area contributed by atoms with Crippen molar-refractivity contribution in [3.8, 4) is 0 Å². The normalized spacial score (nSPS) is 23.6. The van der Waals surface area contributed by atoms with E-state index in [2.05, 4.69) is 25.8 Å². The molecule has 0 spiro atoms. The highest BCUT2D eigenvalue weighted by atomic mass is 16.3. The van der Waals surface area contributed by atoms with E-state index in [1.54, 1.807) is 0 Å². The maximum absolute atomic E-state index is 9.37. The van der Waals surface area contributed by atoms with Crippen LogP contribution in [0.25, 0.3) is 0 Å². The van der Waals surface area contributed by atoms with Crippen LogP contribution in [0.2, 0.25) is 0 Å². The predicted octanol–water partition coefficient (Wildman–Crippen LogP) is 0.815. The number of nitrogens with zero attached hydrogens (tertiary/aromatic N) is 1. The Kier molecular flexibility index (Phi) is 4.35. The maximum Gasteiger partial charge on any atom is 0.0602 e. The van der Waals surface area contributed by atoms with Gasteiger partial charge < -0.3 is 10.8 Å². The lowest BCUT2D eigenvalue weighted by molar-refractivity contribution is 0.0897. The topological polar surface area (TPSA) is 49.5 Å². The van der Waals surface area contributed by atoms with Gasteiger partial charge in [-0.05, 0) is 39.2 Å². The molecule has 3 heteroatoms. The van der Waals surface area contributed by atoms with Crippen LogP contribution in [0.15, 0.2) is 0 Å². The van der Waals surface area contributed by atoms with Crippen LogP contribution in [0.4, 0.5) is 0 Å². The molecule has 1 aliphatic rings. The highest BCUT2D eigenvalue weighted by Gasteiger charge is 2.36. The predicted molar refractivity (Wildman–Crippen MR) is 59.1 cm³/mol. The van der Waals surface area contributed by atoms with Gasteiger partial charge in [-0.1, -0.05) is 6.92 Å². The Morgan fingerprint density at radius 1 is 1.50 bits per heavy atom. The first-order valence-electron chi connectivity index (χ1n) is 5.70. The fourth-order valence-corrected chi connectivity index (χ4v) is 1.93. The summed E-state index contributed by atoms with van der Waals surface area (Å²) in [6.45, 7) is 4.53. The van der Waals surface area contributed by atoms with E-state index in [1.165, 1.54) is 12.8 Å². The minimum Gasteiger partial charge on any atom is -0.395 e. The summed E-state index contributed by atoms with van der Waals surface area (Å²) in [6.07, 6.45) is 3.59. The van der Waals surface area contributed by atoms with Gasteiger partial charge >= 0.3 is 0 Å². The minimum atomic E-state index is 0.137. The number of aliphatic hydroxyl groups is 1. The van der Waals surface area contributed by atoms with Crippen molar-refractivity contribution in [3.63, 3.8) is 0 Å². The molecule has 0 aromatic heterocycles. The van der Waals surface area contributed by atoms with Gasteiger partial charge in [-0.15, -0.1) is 0 Å². The Balaban J connectivity index is 2.50. The third-order valence-electron chi connectivity index (χ3n) is 3.61. The van der Waals surface area contributed by atoms with Gasteiger partial charge in [0.2, 0.25) is 0 Å². The van der Waals surface area contributed by atoms with Crippen molar-refractivity contribution in [2.24, 2.45) is 11.7 Å². The third kappa shape index (κ3) is 2.69. The van der Waals surface area contributed by atoms with Gasteiger partial charge in [0.05, 0.1) is 6.61 Å². The van der Waals surface area contributed by atoms with Crippen LogP contribution < -0.4 is 5.73 Å². The lowest BCUT2D eigenvalue weighted by Crippen LogP contribution is -2.52. The molecule has 0 radical (unpaired) electrons. The van der Waals surface area contributed by atoms with Crippen LogP contribution in [-0.4, -0.2) is 41.8 Å². The van der Waals surface area contributed by atoms with Crippen LogP contribution in [0.1, 0.15) is 33.1 Å². The van der Waals surface area contributed by atoms with Crippen molar-refractivity contribution >= 4 is 0 Å². The molecule has 3 unspecified atom stereocenters. The van der Waals surface area contributed by atoms with Crippen LogP contribution in [0, 0.1) is 5.92 Å². The molecule has 0 amide bonds. The molecule has 1 aliphatic carbocycles. The summed E-state index contributed by atoms with van der Waals surface area (Å²) in [5.41, 5.74) is 6.13. The monoisotopic (exact) mass is 200 g/mol. The van der Waals surface area contributed by atoms with Crippen molar-refractivity contribution in [2.75, 3.05) is 13.7 Å².